The molecule has 0 aromatic heterocycles. The van der Waals surface area contributed by atoms with Gasteiger partial charge in [0.2, 0.25) is 0 Å². The highest BCUT2D eigenvalue weighted by molar-refractivity contribution is 5.85. The number of methoxy groups -OCH3 is 1. The molecule has 210 valence electrons. The summed E-state index contributed by atoms with van der Waals surface area (Å²) < 4.78 is 32.0. The monoisotopic (exact) mass is 542 g/mol. The quantitative estimate of drug-likeness (QED) is 0.255. The molecule has 3 aromatic carbocycles. The lowest BCUT2D eigenvalue weighted by molar-refractivity contribution is -0.144. The van der Waals surface area contributed by atoms with Crippen molar-refractivity contribution < 1.29 is 23.4 Å². The standard InChI is InChI=1S/C35H39FO4/c1-6-39-33(37)21-35(4)17-15-24-10-11-26(20-31(24)35)40-22-23-9-13-27(29-19-25(38-5)12-14-32(29)36)28(18-23)30-8-7-16-34(30,2)3/h8-14,18-20H,6-7,15-17,21-22H2,1-5H3/t35-/m1/s1. The van der Waals surface area contributed by atoms with Crippen molar-refractivity contribution in [2.75, 3.05) is 13.7 Å². The summed E-state index contributed by atoms with van der Waals surface area (Å²) in [5, 5.41) is 0. The Bertz CT molecular complexity index is 1450. The van der Waals surface area contributed by atoms with Crippen LogP contribution in [0.2, 0.25) is 0 Å². The van der Waals surface area contributed by atoms with Crippen LogP contribution in [-0.2, 0) is 28.0 Å². The van der Waals surface area contributed by atoms with E-state index in [0.717, 1.165) is 48.1 Å². The molecule has 0 heterocycles. The Labute approximate surface area is 237 Å². The first-order valence-electron chi connectivity index (χ1n) is 14.2. The Morgan fingerprint density at radius 2 is 1.73 bits per heavy atom. The molecule has 4 nitrogen and oxygen atoms in total. The van der Waals surface area contributed by atoms with E-state index in [4.69, 9.17) is 14.2 Å². The molecule has 0 amide bonds. The molecule has 5 heteroatoms. The second kappa shape index (κ2) is 11.1. The molecule has 0 fully saturated rings. The molecule has 0 unspecified atom stereocenters. The summed E-state index contributed by atoms with van der Waals surface area (Å²) in [6, 6.07) is 17.3. The van der Waals surface area contributed by atoms with E-state index in [1.807, 2.05) is 25.1 Å². The third kappa shape index (κ3) is 5.52. The van der Waals surface area contributed by atoms with Gasteiger partial charge in [-0.05, 0) is 108 Å². The van der Waals surface area contributed by atoms with Gasteiger partial charge in [-0.3, -0.25) is 4.79 Å². The number of carbonyl (C=O) groups excluding carboxylic acids is 1. The average Bonchev–Trinajstić information content (AvgIpc) is 3.45. The van der Waals surface area contributed by atoms with Gasteiger partial charge in [0.1, 0.15) is 23.9 Å². The van der Waals surface area contributed by atoms with E-state index >= 15 is 4.39 Å². The largest absolute Gasteiger partial charge is 0.497 e. The maximum atomic E-state index is 15.1. The SMILES string of the molecule is CCOC(=O)C[C@@]1(C)CCc2ccc(OCc3ccc(-c4cc(OC)ccc4F)c(C4=CCCC4(C)C)c3)cc21. The number of hydrogen-bond donors (Lipinski definition) is 0. The Morgan fingerprint density at radius 3 is 2.45 bits per heavy atom. The molecule has 0 aliphatic heterocycles. The fourth-order valence-corrected chi connectivity index (χ4v) is 6.29. The molecule has 3 aromatic rings. The Hall–Kier alpha value is -3.60. The number of halogens is 1. The normalized spacial score (nSPS) is 19.2. The van der Waals surface area contributed by atoms with Crippen molar-refractivity contribution in [3.8, 4) is 22.6 Å². The topological polar surface area (TPSA) is 44.8 Å². The Kier molecular flexibility index (Phi) is 7.76. The van der Waals surface area contributed by atoms with E-state index in [2.05, 4.69) is 45.0 Å². The van der Waals surface area contributed by atoms with Gasteiger partial charge >= 0.3 is 5.97 Å². The lowest BCUT2D eigenvalue weighted by atomic mass is 9.79. The molecule has 0 N–H and O–H groups in total. The van der Waals surface area contributed by atoms with E-state index in [1.54, 1.807) is 19.2 Å². The van der Waals surface area contributed by atoms with Crippen LogP contribution in [0.25, 0.3) is 16.7 Å². The third-order valence-electron chi connectivity index (χ3n) is 8.61. The number of ether oxygens (including phenoxy) is 3. The predicted molar refractivity (Wildman–Crippen MR) is 157 cm³/mol. The highest BCUT2D eigenvalue weighted by atomic mass is 19.1. The summed E-state index contributed by atoms with van der Waals surface area (Å²) in [5.41, 5.74) is 6.84. The molecule has 0 spiro atoms. The van der Waals surface area contributed by atoms with Gasteiger partial charge in [0.25, 0.3) is 0 Å². The van der Waals surface area contributed by atoms with Crippen LogP contribution in [0.15, 0.2) is 60.7 Å². The van der Waals surface area contributed by atoms with Gasteiger partial charge in [-0.1, -0.05) is 45.0 Å². The molecule has 0 saturated carbocycles. The highest BCUT2D eigenvalue weighted by Crippen LogP contribution is 2.48. The van der Waals surface area contributed by atoms with Gasteiger partial charge < -0.3 is 14.2 Å². The average molecular weight is 543 g/mol. The van der Waals surface area contributed by atoms with Crippen LogP contribution in [0, 0.1) is 11.2 Å². The van der Waals surface area contributed by atoms with Crippen LogP contribution < -0.4 is 9.47 Å². The van der Waals surface area contributed by atoms with Gasteiger partial charge in [0.05, 0.1) is 20.1 Å². The first kappa shape index (κ1) is 27.9. The highest BCUT2D eigenvalue weighted by Gasteiger charge is 2.37. The van der Waals surface area contributed by atoms with Crippen molar-refractivity contribution in [2.24, 2.45) is 5.41 Å². The first-order valence-corrected chi connectivity index (χ1v) is 14.2. The molecular formula is C35H39FO4. The van der Waals surface area contributed by atoms with Gasteiger partial charge in [-0.15, -0.1) is 0 Å². The number of allylic oxidation sites excluding steroid dienone is 2. The van der Waals surface area contributed by atoms with Crippen molar-refractivity contribution in [2.45, 2.75) is 71.8 Å². The lowest BCUT2D eigenvalue weighted by Gasteiger charge is -2.26. The molecule has 1 atom stereocenters. The Morgan fingerprint density at radius 1 is 0.925 bits per heavy atom. The van der Waals surface area contributed by atoms with E-state index in [0.29, 0.717) is 30.9 Å². The predicted octanol–water partition coefficient (Wildman–Crippen LogP) is 8.44. The number of fused-ring (bicyclic) bond motifs is 1. The molecular weight excluding hydrogens is 503 g/mol. The number of benzene rings is 3. The smallest absolute Gasteiger partial charge is 0.306 e. The van der Waals surface area contributed by atoms with Gasteiger partial charge in [-0.25, -0.2) is 4.39 Å². The van der Waals surface area contributed by atoms with Crippen molar-refractivity contribution in [3.05, 3.63) is 88.7 Å². The zero-order chi connectivity index (χ0) is 28.5. The maximum absolute atomic E-state index is 15.1. The number of rotatable bonds is 9. The van der Waals surface area contributed by atoms with Crippen molar-refractivity contribution in [1.29, 1.82) is 0 Å². The van der Waals surface area contributed by atoms with E-state index in [-0.39, 0.29) is 22.6 Å². The fourth-order valence-electron chi connectivity index (χ4n) is 6.29. The third-order valence-corrected chi connectivity index (χ3v) is 8.61. The van der Waals surface area contributed by atoms with Crippen molar-refractivity contribution in [1.82, 2.24) is 0 Å². The molecule has 0 radical (unpaired) electrons. The maximum Gasteiger partial charge on any atom is 0.306 e. The van der Waals surface area contributed by atoms with Crippen LogP contribution in [-0.4, -0.2) is 19.7 Å². The second-order valence-electron chi connectivity index (χ2n) is 11.9. The summed E-state index contributed by atoms with van der Waals surface area (Å²) in [7, 11) is 1.60. The fraction of sp³-hybridized carbons (Fsp3) is 0.400. The van der Waals surface area contributed by atoms with Gasteiger partial charge in [0, 0.05) is 11.0 Å². The van der Waals surface area contributed by atoms with Crippen LogP contribution in [0.1, 0.15) is 75.6 Å². The lowest BCUT2D eigenvalue weighted by Crippen LogP contribution is -2.24. The van der Waals surface area contributed by atoms with Crippen molar-refractivity contribution >= 4 is 11.5 Å². The zero-order valence-corrected chi connectivity index (χ0v) is 24.2. The molecule has 5 rings (SSSR count). The number of aryl methyl sites for hydroxylation is 1. The van der Waals surface area contributed by atoms with E-state index in [9.17, 15) is 4.79 Å². The number of carbonyl (C=O) groups is 1. The van der Waals surface area contributed by atoms with Crippen LogP contribution >= 0.6 is 0 Å². The Balaban J connectivity index is 1.44. The molecule has 0 bridgehead atoms. The second-order valence-corrected chi connectivity index (χ2v) is 11.9. The minimum Gasteiger partial charge on any atom is -0.497 e. The molecule has 0 saturated heterocycles. The summed E-state index contributed by atoms with van der Waals surface area (Å²) in [5.74, 6) is 0.974. The molecule has 40 heavy (non-hydrogen) atoms. The number of hydrogen-bond acceptors (Lipinski definition) is 4. The van der Waals surface area contributed by atoms with Crippen LogP contribution in [0.4, 0.5) is 4.39 Å². The number of esters is 1. The summed E-state index contributed by atoms with van der Waals surface area (Å²) in [4.78, 5) is 12.3. The van der Waals surface area contributed by atoms with E-state index < -0.39 is 0 Å². The van der Waals surface area contributed by atoms with E-state index in [1.165, 1.54) is 22.8 Å². The minimum absolute atomic E-state index is 0.00700. The van der Waals surface area contributed by atoms with Gasteiger partial charge in [-0.2, -0.15) is 0 Å². The summed E-state index contributed by atoms with van der Waals surface area (Å²) in [6.45, 7) is 9.25. The van der Waals surface area contributed by atoms with Crippen LogP contribution in [0.5, 0.6) is 11.5 Å². The molecule has 2 aliphatic rings. The summed E-state index contributed by atoms with van der Waals surface area (Å²) >= 11 is 0. The zero-order valence-electron chi connectivity index (χ0n) is 24.2. The van der Waals surface area contributed by atoms with Crippen molar-refractivity contribution in [3.63, 3.8) is 0 Å². The van der Waals surface area contributed by atoms with Crippen LogP contribution in [0.3, 0.4) is 0 Å². The minimum atomic E-state index is -0.272. The summed E-state index contributed by atoms with van der Waals surface area (Å²) in [6.07, 6.45) is 6.58. The van der Waals surface area contributed by atoms with Gasteiger partial charge in [0.15, 0.2) is 0 Å². The first-order chi connectivity index (χ1) is 19.1. The molecule has 2 aliphatic carbocycles.